The monoisotopic (exact) mass is 2180 g/mol. The molecule has 1 N–H and O–H groups in total. The molecule has 29 heteroatoms. The first kappa shape index (κ1) is 80.5. The average molecular weight is 2180 g/mol. The maximum absolute atomic E-state index is 14.4. The molecule has 0 amide bonds. The highest BCUT2D eigenvalue weighted by Gasteiger charge is 2.57. The molecule has 6 heterocycles. The first-order valence-electron chi connectivity index (χ1n) is 32.9. The van der Waals surface area contributed by atoms with Crippen LogP contribution in [0.2, 0.25) is 18.1 Å². The van der Waals surface area contributed by atoms with Gasteiger partial charge in [-0.05, 0) is 93.4 Å². The fourth-order valence-corrected chi connectivity index (χ4v) is 19.1. The number of rotatable bonds is 24. The van der Waals surface area contributed by atoms with E-state index in [1.807, 2.05) is 32.0 Å². The van der Waals surface area contributed by atoms with Gasteiger partial charge in [-0.1, -0.05) is 252 Å². The highest BCUT2D eigenvalue weighted by atomic mass is 127. The van der Waals surface area contributed by atoms with Crippen molar-refractivity contribution in [2.24, 2.45) is 0 Å². The second kappa shape index (κ2) is 37.2. The van der Waals surface area contributed by atoms with Gasteiger partial charge in [-0.15, -0.1) is 0 Å². The Labute approximate surface area is 674 Å². The van der Waals surface area contributed by atoms with Gasteiger partial charge in [0.05, 0.1) is 60.6 Å². The zero-order valence-electron chi connectivity index (χ0n) is 55.4. The molecule has 0 spiro atoms. The zero-order chi connectivity index (χ0) is 70.9. The molecule has 5 saturated heterocycles. The van der Waals surface area contributed by atoms with Crippen LogP contribution in [0, 0.1) is 0 Å². The van der Waals surface area contributed by atoms with E-state index in [1.165, 1.54) is 6.08 Å². The Bertz CT molecular complexity index is 3300. The number of hydrogen-bond acceptors (Lipinski definition) is 21. The molecule has 24 atom stereocenters. The molecule has 0 saturated carbocycles. The lowest BCUT2D eigenvalue weighted by molar-refractivity contribution is -0.331. The normalized spacial score (nSPS) is 35.2. The van der Waals surface area contributed by atoms with Gasteiger partial charge in [-0.25, -0.2) is 19.2 Å². The Morgan fingerprint density at radius 2 is 0.798 bits per heavy atom. The van der Waals surface area contributed by atoms with Crippen molar-refractivity contribution < 1.29 is 99.8 Å². The standard InChI is InChI=1S/C70H83I7O21Si/c1-37-43(28-30-51(83-37)91-60-53(75)68(89-47(34-72)57(60)93-64(80)40-22-14-9-15-23-40)96-56-45(32-50(78)85-46(56)33-71)86-63(79)39-20-12-8-13-21-39)87-67-55(77)62(95-66(82)42-26-18-11-19-27-42)59(49(36-74)88-67)97-69-54(76)61(58(48(35-73)90-69)94-65(81)41-24-16-10-17-25-41)92-52-31-29-44(38(2)84-52)98-99(6,7)70(3,4)5/h8-27,32,37-38,43-49,51-62,67-69,78H,28-31,33-36H2,1-7H3/t37-,38-,43-,44-,45+,46+,47+,48+,49+,51-,52-,53+,54+,55+,56-,57+,58+,59+,60+,61+,62+,67+,68-,69-/m0/s1. The third-order valence-electron chi connectivity index (χ3n) is 18.5. The minimum atomic E-state index is -2.14. The number of halogens is 7. The van der Waals surface area contributed by atoms with Crippen LogP contribution in [0.4, 0.5) is 0 Å². The van der Waals surface area contributed by atoms with Crippen LogP contribution in [-0.4, -0.2) is 196 Å². The number of aliphatic hydroxyl groups excluding tert-OH is 1. The Kier molecular flexibility index (Phi) is 30.3. The molecule has 21 nitrogen and oxygen atoms in total. The van der Waals surface area contributed by atoms with Gasteiger partial charge in [0.25, 0.3) is 5.95 Å². The summed E-state index contributed by atoms with van der Waals surface area (Å²) < 4.78 is 107. The van der Waals surface area contributed by atoms with Crippen LogP contribution in [-0.2, 0) is 75.5 Å². The van der Waals surface area contributed by atoms with Crippen LogP contribution < -0.4 is 0 Å². The Morgan fingerprint density at radius 3 is 1.19 bits per heavy atom. The van der Waals surface area contributed by atoms with Crippen molar-refractivity contribution in [3.05, 3.63) is 156 Å². The highest BCUT2D eigenvalue weighted by molar-refractivity contribution is 14.1. The lowest BCUT2D eigenvalue weighted by Crippen LogP contribution is -2.64. The lowest BCUT2D eigenvalue weighted by Gasteiger charge is -2.49. The van der Waals surface area contributed by atoms with Crippen molar-refractivity contribution in [3.63, 3.8) is 0 Å². The summed E-state index contributed by atoms with van der Waals surface area (Å²) in [6.07, 6.45) is -13.3. The molecule has 99 heavy (non-hydrogen) atoms. The zero-order valence-corrected chi connectivity index (χ0v) is 71.5. The lowest BCUT2D eigenvalue weighted by atomic mass is 9.98. The highest BCUT2D eigenvalue weighted by Crippen LogP contribution is 2.44. The van der Waals surface area contributed by atoms with E-state index >= 15 is 0 Å². The third-order valence-corrected chi connectivity index (χ3v) is 30.4. The number of hydrogen-bond donors (Lipinski definition) is 1. The summed E-state index contributed by atoms with van der Waals surface area (Å²) in [6.45, 7) is 15.0. The van der Waals surface area contributed by atoms with Crippen LogP contribution in [0.1, 0.15) is 102 Å². The van der Waals surface area contributed by atoms with E-state index < -0.39 is 167 Å². The number of esters is 4. The van der Waals surface area contributed by atoms with Crippen LogP contribution in [0.3, 0.4) is 0 Å². The van der Waals surface area contributed by atoms with Crippen LogP contribution in [0.5, 0.6) is 0 Å². The second-order valence-corrected chi connectivity index (χ2v) is 39.0. The van der Waals surface area contributed by atoms with Crippen LogP contribution in [0.25, 0.3) is 0 Å². The van der Waals surface area contributed by atoms with Crippen molar-refractivity contribution in [1.29, 1.82) is 0 Å². The summed E-state index contributed by atoms with van der Waals surface area (Å²) in [4.78, 5) is 55.9. The van der Waals surface area contributed by atoms with E-state index in [9.17, 15) is 24.3 Å². The molecule has 6 aliphatic rings. The van der Waals surface area contributed by atoms with Crippen molar-refractivity contribution in [2.45, 2.75) is 219 Å². The van der Waals surface area contributed by atoms with E-state index in [2.05, 4.69) is 192 Å². The number of ether oxygens (including phenoxy) is 15. The maximum atomic E-state index is 14.4. The van der Waals surface area contributed by atoms with E-state index in [-0.39, 0.29) is 17.2 Å². The van der Waals surface area contributed by atoms with Crippen molar-refractivity contribution in [1.82, 2.24) is 0 Å². The minimum Gasteiger partial charge on any atom is -0.481 e. The summed E-state index contributed by atoms with van der Waals surface area (Å²) in [5.41, 5.74) is 1.37. The molecule has 0 bridgehead atoms. The van der Waals surface area contributed by atoms with Crippen molar-refractivity contribution in [2.75, 3.05) is 17.7 Å². The van der Waals surface area contributed by atoms with Gasteiger partial charge >= 0.3 is 23.9 Å². The van der Waals surface area contributed by atoms with Gasteiger partial charge in [-0.3, -0.25) is 0 Å². The van der Waals surface area contributed by atoms with Gasteiger partial charge in [0.2, 0.25) is 0 Å². The topological polar surface area (TPSA) is 236 Å². The van der Waals surface area contributed by atoms with Crippen molar-refractivity contribution in [3.8, 4) is 0 Å². The predicted octanol–water partition coefficient (Wildman–Crippen LogP) is 14.4. The molecule has 0 aliphatic carbocycles. The van der Waals surface area contributed by atoms with E-state index in [4.69, 9.17) is 75.5 Å². The van der Waals surface area contributed by atoms with Crippen LogP contribution >= 0.6 is 158 Å². The van der Waals surface area contributed by atoms with Gasteiger partial charge in [0.15, 0.2) is 58.1 Å². The quantitative estimate of drug-likeness (QED) is 0.0226. The van der Waals surface area contributed by atoms with E-state index in [0.29, 0.717) is 65.6 Å². The minimum absolute atomic E-state index is 0.00278. The predicted molar refractivity (Wildman–Crippen MR) is 427 cm³/mol. The first-order valence-corrected chi connectivity index (χ1v) is 45.6. The fraction of sp³-hybridized carbons (Fsp3) is 0.571. The SMILES string of the molecule is C[C@@H]1O[C@@H](O[C@@H]2[C@@H](I)[C@H](O[C@H]3[C@H](OC(=O)c4ccccc4)C=C(O)O[C@@H]3CI)O[C@H](CI)[C@H]2OC(=O)c2ccccc2)CC[C@@H]1O[C@@H]1O[C@H](CI)[C@@H](O[C@@H]2O[C@H](CI)[C@@H](OC(=O)c3ccccc3)[C@H](O[C@H]3CC[C@H](O[Si](C)(C)C(C)(C)C)[C@H](C)O3)[C@H]2I)[C@H](OC(=O)c2ccccc2)[C@H]1I. The Balaban J connectivity index is 0.868. The molecule has 10 rings (SSSR count). The molecule has 5 fully saturated rings. The molecule has 0 aromatic heterocycles. The molecule has 0 unspecified atom stereocenters. The molecule has 4 aromatic carbocycles. The largest absolute Gasteiger partial charge is 0.481 e. The molecule has 4 aromatic rings. The average Bonchev–Trinajstić information content (AvgIpc) is 0.776. The van der Waals surface area contributed by atoms with Gasteiger partial charge < -0.3 is 80.6 Å². The first-order chi connectivity index (χ1) is 47.4. The molecular weight excluding hydrogens is 2090 g/mol. The Hall–Kier alpha value is -1.01. The number of aliphatic hydroxyl groups is 1. The van der Waals surface area contributed by atoms with Gasteiger partial charge in [0, 0.05) is 36.6 Å². The Morgan fingerprint density at radius 1 is 0.444 bits per heavy atom. The summed E-state index contributed by atoms with van der Waals surface area (Å²) in [5.74, 6) is -2.71. The fourth-order valence-electron chi connectivity index (χ4n) is 12.1. The molecule has 542 valence electrons. The van der Waals surface area contributed by atoms with E-state index in [1.54, 1.807) is 103 Å². The number of alkyl halides is 7. The number of carbonyl (C=O) groups is 4. The number of benzene rings is 4. The van der Waals surface area contributed by atoms with Crippen molar-refractivity contribution >= 4 is 190 Å². The third kappa shape index (κ3) is 20.4. The molecular formula is C70H83I7O21Si. The summed E-state index contributed by atoms with van der Waals surface area (Å²) in [6, 6.07) is 34.7. The summed E-state index contributed by atoms with van der Waals surface area (Å²) in [7, 11) is -2.14. The number of carbonyl (C=O) groups excluding carboxylic acids is 4. The maximum Gasteiger partial charge on any atom is 0.338 e. The smallest absolute Gasteiger partial charge is 0.338 e. The van der Waals surface area contributed by atoms with Gasteiger partial charge in [0.1, 0.15) is 52.8 Å². The summed E-state index contributed by atoms with van der Waals surface area (Å²) >= 11 is 15.5. The molecule has 6 aliphatic heterocycles. The second-order valence-electron chi connectivity index (χ2n) is 26.4. The summed E-state index contributed by atoms with van der Waals surface area (Å²) in [5, 5.41) is 10.7. The van der Waals surface area contributed by atoms with Crippen LogP contribution in [0.15, 0.2) is 133 Å². The molecule has 0 radical (unpaired) electrons. The van der Waals surface area contributed by atoms with Gasteiger partial charge in [-0.2, -0.15) is 0 Å². The van der Waals surface area contributed by atoms with E-state index in [0.717, 1.165) is 0 Å².